The van der Waals surface area contributed by atoms with Gasteiger partial charge in [-0.2, -0.15) is 0 Å². The zero-order valence-electron chi connectivity index (χ0n) is 56.3. The van der Waals surface area contributed by atoms with Gasteiger partial charge in [-0.15, -0.1) is 0 Å². The van der Waals surface area contributed by atoms with Crippen LogP contribution in [0.15, 0.2) is 209 Å². The first-order valence-electron chi connectivity index (χ1n) is 33.9. The lowest BCUT2D eigenvalue weighted by atomic mass is 9.70. The highest BCUT2D eigenvalue weighted by Crippen LogP contribution is 2.67. The van der Waals surface area contributed by atoms with Crippen molar-refractivity contribution < 1.29 is 8.83 Å². The number of furan rings is 2. The van der Waals surface area contributed by atoms with Crippen LogP contribution in [0.25, 0.3) is 122 Å². The molecule has 94 heavy (non-hydrogen) atoms. The molecule has 3 nitrogen and oxygen atoms in total. The molecule has 2 heterocycles. The Morgan fingerprint density at radius 1 is 0.277 bits per heavy atom. The second kappa shape index (κ2) is 18.2. The molecule has 3 heteroatoms. The molecule has 0 bridgehead atoms. The van der Waals surface area contributed by atoms with Crippen molar-refractivity contribution in [3.05, 3.63) is 278 Å². The summed E-state index contributed by atoms with van der Waals surface area (Å²) in [6.07, 6.45) is 0. The topological polar surface area (TPSA) is 29.5 Å². The van der Waals surface area contributed by atoms with Crippen LogP contribution in [0.3, 0.4) is 0 Å². The molecule has 456 valence electrons. The highest BCUT2D eigenvalue weighted by atomic mass is 16.3. The third-order valence-corrected chi connectivity index (χ3v) is 23.8. The SMILES string of the molecule is Cc1ccc(-c2cc3c(c4c2oc2ccccc24)-c2ccc(N(c4ccc5c(c4)C(C)(C)c4c-5c(C)c(-c5ccccc5C)c5c4C(C)(C)c4ccccc4-5)c4ccc5c(c4)C(C)(C)c4c6c(c7oc8ccccc8c7c4-5)-c4ccccc4C6(C)C)cc2C3(C)C)c(C)c1. The van der Waals surface area contributed by atoms with E-state index in [0.717, 1.165) is 55.7 Å². The van der Waals surface area contributed by atoms with Crippen molar-refractivity contribution in [2.24, 2.45) is 0 Å². The zero-order valence-corrected chi connectivity index (χ0v) is 56.3. The Kier molecular flexibility index (Phi) is 10.8. The number of fused-ring (bicyclic) bond motifs is 26. The van der Waals surface area contributed by atoms with Gasteiger partial charge in [-0.1, -0.05) is 220 Å². The quantitative estimate of drug-likeness (QED) is 0.172. The monoisotopic (exact) mass is 1210 g/mol. The minimum atomic E-state index is -0.394. The molecule has 0 atom stereocenters. The summed E-state index contributed by atoms with van der Waals surface area (Å²) < 4.78 is 14.2. The molecule has 5 aliphatic carbocycles. The molecule has 5 aliphatic rings. The van der Waals surface area contributed by atoms with Gasteiger partial charge in [0.05, 0.1) is 0 Å². The number of anilines is 3. The second-order valence-corrected chi connectivity index (χ2v) is 30.8. The minimum absolute atomic E-state index is 0.237. The predicted octanol–water partition coefficient (Wildman–Crippen LogP) is 25.1. The molecule has 2 aromatic heterocycles. The normalized spacial score (nSPS) is 16.2. The average molecular weight is 1210 g/mol. The highest BCUT2D eigenvalue weighted by molar-refractivity contribution is 6.22. The summed E-state index contributed by atoms with van der Waals surface area (Å²) in [6, 6.07) is 76.3. The second-order valence-electron chi connectivity index (χ2n) is 30.8. The van der Waals surface area contributed by atoms with E-state index in [1.165, 1.54) is 161 Å². The minimum Gasteiger partial charge on any atom is -0.455 e. The van der Waals surface area contributed by atoms with Crippen molar-refractivity contribution in [1.82, 2.24) is 0 Å². The maximum atomic E-state index is 7.14. The number of rotatable bonds is 5. The van der Waals surface area contributed by atoms with Crippen molar-refractivity contribution in [3.8, 4) is 77.9 Å². The fourth-order valence-electron chi connectivity index (χ4n) is 19.5. The summed E-state index contributed by atoms with van der Waals surface area (Å²) in [5.74, 6) is 0. The third kappa shape index (κ3) is 6.82. The van der Waals surface area contributed by atoms with E-state index < -0.39 is 5.41 Å². The van der Waals surface area contributed by atoms with Crippen LogP contribution in [0.2, 0.25) is 0 Å². The third-order valence-electron chi connectivity index (χ3n) is 23.8. The lowest BCUT2D eigenvalue weighted by Gasteiger charge is -2.33. The van der Waals surface area contributed by atoms with Crippen LogP contribution in [0.4, 0.5) is 17.1 Å². The van der Waals surface area contributed by atoms with Gasteiger partial charge in [0, 0.05) is 76.8 Å². The maximum absolute atomic E-state index is 7.14. The Hall–Kier alpha value is -9.96. The molecule has 0 N–H and O–H groups in total. The first-order chi connectivity index (χ1) is 45.1. The molecule has 14 aromatic rings. The molecule has 19 rings (SSSR count). The molecule has 0 radical (unpaired) electrons. The van der Waals surface area contributed by atoms with Crippen LogP contribution >= 0.6 is 0 Å². The number of nitrogens with zero attached hydrogens (tertiary/aromatic N) is 1. The smallest absolute Gasteiger partial charge is 0.144 e. The summed E-state index contributed by atoms with van der Waals surface area (Å²) >= 11 is 0. The zero-order chi connectivity index (χ0) is 64.3. The van der Waals surface area contributed by atoms with Crippen LogP contribution in [-0.4, -0.2) is 0 Å². The van der Waals surface area contributed by atoms with E-state index in [1.54, 1.807) is 0 Å². The van der Waals surface area contributed by atoms with Crippen molar-refractivity contribution in [2.75, 3.05) is 4.90 Å². The lowest BCUT2D eigenvalue weighted by molar-refractivity contribution is 0.600. The van der Waals surface area contributed by atoms with Crippen LogP contribution in [0.1, 0.15) is 147 Å². The molecular formula is C91H75NO2. The fraction of sp³-hybridized carbons (Fsp3) is 0.209. The van der Waals surface area contributed by atoms with Crippen LogP contribution in [-0.2, 0) is 27.1 Å². The summed E-state index contributed by atoms with van der Waals surface area (Å²) in [7, 11) is 0. The molecule has 0 saturated heterocycles. The molecular weight excluding hydrogens is 1140 g/mol. The largest absolute Gasteiger partial charge is 0.455 e. The lowest BCUT2D eigenvalue weighted by Crippen LogP contribution is -2.25. The summed E-state index contributed by atoms with van der Waals surface area (Å²) in [5.41, 5.74) is 42.6. The predicted molar refractivity (Wildman–Crippen MR) is 393 cm³/mol. The van der Waals surface area contributed by atoms with Crippen molar-refractivity contribution in [2.45, 2.75) is 124 Å². The van der Waals surface area contributed by atoms with E-state index in [-0.39, 0.29) is 21.7 Å². The van der Waals surface area contributed by atoms with Gasteiger partial charge in [-0.05, 0) is 221 Å². The van der Waals surface area contributed by atoms with E-state index in [0.29, 0.717) is 0 Å². The van der Waals surface area contributed by atoms with Crippen molar-refractivity contribution >= 4 is 60.9 Å². The molecule has 0 spiro atoms. The van der Waals surface area contributed by atoms with Gasteiger partial charge in [0.2, 0.25) is 0 Å². The van der Waals surface area contributed by atoms with Gasteiger partial charge in [0.1, 0.15) is 22.3 Å². The average Bonchev–Trinajstić information content (AvgIpc) is 1.51. The van der Waals surface area contributed by atoms with Gasteiger partial charge in [-0.3, -0.25) is 0 Å². The van der Waals surface area contributed by atoms with E-state index in [9.17, 15) is 0 Å². The van der Waals surface area contributed by atoms with Crippen molar-refractivity contribution in [1.29, 1.82) is 0 Å². The Morgan fingerprint density at radius 2 is 0.702 bits per heavy atom. The van der Waals surface area contributed by atoms with E-state index in [4.69, 9.17) is 8.83 Å². The molecule has 0 fully saturated rings. The number of para-hydroxylation sites is 2. The standard InChI is InChI=1S/C91H75NO2/c1-48-35-39-55(50(3)43-48)64-47-70-75(78-62-29-19-23-33-71(62)93-85(64)78)60-41-37-52(44-67(60)87(70,5)6)92(53-36-40-59-68(45-53)90(11,12)81-74(59)51(4)73(56-26-16-15-25-49(56)2)76-57-27-17-21-31-65(57)88(7,8)82(76)81)54-38-42-61-69(46-54)91(13,14)83-77(61)79-63-30-20-24-34-72(63)94-86(79)80-58-28-18-22-32-66(58)89(9,10)84(80)83/h15-47H,1-14H3. The summed E-state index contributed by atoms with van der Waals surface area (Å²) in [6.45, 7) is 33.8. The maximum Gasteiger partial charge on any atom is 0.144 e. The van der Waals surface area contributed by atoms with Gasteiger partial charge < -0.3 is 13.7 Å². The molecule has 0 amide bonds. The molecule has 12 aromatic carbocycles. The Bertz CT molecular complexity index is 5820. The van der Waals surface area contributed by atoms with Gasteiger partial charge in [-0.25, -0.2) is 0 Å². The Labute approximate surface area is 551 Å². The van der Waals surface area contributed by atoms with Crippen LogP contribution in [0, 0.1) is 27.7 Å². The molecule has 0 aliphatic heterocycles. The summed E-state index contributed by atoms with van der Waals surface area (Å²) in [5, 5.41) is 4.72. The Morgan fingerprint density at radius 3 is 1.29 bits per heavy atom. The van der Waals surface area contributed by atoms with Crippen LogP contribution < -0.4 is 4.90 Å². The molecule has 0 unspecified atom stereocenters. The van der Waals surface area contributed by atoms with Crippen molar-refractivity contribution in [3.63, 3.8) is 0 Å². The highest BCUT2D eigenvalue weighted by Gasteiger charge is 2.51. The number of aryl methyl sites for hydroxylation is 3. The Balaban J connectivity index is 0.858. The first-order valence-corrected chi connectivity index (χ1v) is 33.9. The number of hydrogen-bond acceptors (Lipinski definition) is 3. The summed E-state index contributed by atoms with van der Waals surface area (Å²) in [4.78, 5) is 2.60. The van der Waals surface area contributed by atoms with Gasteiger partial charge >= 0.3 is 0 Å². The first kappa shape index (κ1) is 55.7. The van der Waals surface area contributed by atoms with E-state index in [2.05, 4.69) is 302 Å². The van der Waals surface area contributed by atoms with Gasteiger partial charge in [0.25, 0.3) is 0 Å². The van der Waals surface area contributed by atoms with Crippen LogP contribution in [0.5, 0.6) is 0 Å². The fourth-order valence-corrected chi connectivity index (χ4v) is 19.5. The number of benzene rings is 12. The number of hydrogen-bond donors (Lipinski definition) is 0. The van der Waals surface area contributed by atoms with E-state index in [1.807, 2.05) is 0 Å². The molecule has 0 saturated carbocycles. The van der Waals surface area contributed by atoms with Gasteiger partial charge in [0.15, 0.2) is 0 Å². The van der Waals surface area contributed by atoms with E-state index >= 15 is 0 Å².